The van der Waals surface area contributed by atoms with Gasteiger partial charge >= 0.3 is 0 Å². The highest BCUT2D eigenvalue weighted by molar-refractivity contribution is 5.75. The van der Waals surface area contributed by atoms with Gasteiger partial charge in [-0.1, -0.05) is 0 Å². The van der Waals surface area contributed by atoms with Gasteiger partial charge in [-0.15, -0.1) is 0 Å². The van der Waals surface area contributed by atoms with Crippen LogP contribution in [0.4, 0.5) is 0 Å². The number of nitrogens with zero attached hydrogens (tertiary/aromatic N) is 2. The predicted molar refractivity (Wildman–Crippen MR) is 59.7 cm³/mol. The highest BCUT2D eigenvalue weighted by atomic mass is 16.3. The van der Waals surface area contributed by atoms with Gasteiger partial charge in [-0.3, -0.25) is 9.89 Å². The van der Waals surface area contributed by atoms with E-state index >= 15 is 0 Å². The van der Waals surface area contributed by atoms with Crippen LogP contribution in [0.25, 0.3) is 0 Å². The van der Waals surface area contributed by atoms with Crippen LogP contribution in [0.1, 0.15) is 6.42 Å². The molecule has 0 aromatic carbocycles. The Kier molecular flexibility index (Phi) is 4.48. The second kappa shape index (κ2) is 5.44. The molecule has 1 aliphatic rings. The second-order valence-electron chi connectivity index (χ2n) is 4.06. The SMILES string of the molecule is CN1C(CCN=C(N)N)[C@H](O)[C@H](O)[C@H]1CO. The minimum absolute atomic E-state index is 0.00870. The Morgan fingerprint density at radius 1 is 1.25 bits per heavy atom. The van der Waals surface area contributed by atoms with Crippen molar-refractivity contribution in [3.8, 4) is 0 Å². The molecule has 0 amide bonds. The Morgan fingerprint density at radius 3 is 2.25 bits per heavy atom. The fraction of sp³-hybridized carbons (Fsp3) is 0.889. The maximum absolute atomic E-state index is 9.78. The number of aliphatic imine (C=N–C) groups is 1. The molecule has 0 radical (unpaired) electrons. The summed E-state index contributed by atoms with van der Waals surface area (Å²) in [5.74, 6) is 0.00870. The summed E-state index contributed by atoms with van der Waals surface area (Å²) in [5, 5.41) is 28.5. The molecule has 0 spiro atoms. The number of aliphatic hydroxyl groups is 3. The summed E-state index contributed by atoms with van der Waals surface area (Å²) in [5.41, 5.74) is 10.4. The molecular formula is C9H20N4O3. The first-order valence-electron chi connectivity index (χ1n) is 5.23. The largest absolute Gasteiger partial charge is 0.395 e. The monoisotopic (exact) mass is 232 g/mol. The summed E-state index contributed by atoms with van der Waals surface area (Å²) in [7, 11) is 1.75. The van der Waals surface area contributed by atoms with E-state index < -0.39 is 18.2 Å². The third-order valence-electron chi connectivity index (χ3n) is 3.09. The first kappa shape index (κ1) is 13.2. The van der Waals surface area contributed by atoms with Crippen LogP contribution in [0.3, 0.4) is 0 Å². The van der Waals surface area contributed by atoms with Crippen molar-refractivity contribution in [2.24, 2.45) is 16.5 Å². The molecular weight excluding hydrogens is 212 g/mol. The van der Waals surface area contributed by atoms with Crippen LogP contribution in [0, 0.1) is 0 Å². The highest BCUT2D eigenvalue weighted by Crippen LogP contribution is 2.25. The summed E-state index contributed by atoms with van der Waals surface area (Å²) < 4.78 is 0. The Balaban J connectivity index is 2.56. The fourth-order valence-electron chi connectivity index (χ4n) is 2.12. The average Bonchev–Trinajstić information content (AvgIpc) is 2.41. The first-order chi connectivity index (χ1) is 7.49. The highest BCUT2D eigenvalue weighted by Gasteiger charge is 2.44. The van der Waals surface area contributed by atoms with Crippen molar-refractivity contribution in [2.45, 2.75) is 30.7 Å². The Hall–Kier alpha value is -0.890. The van der Waals surface area contributed by atoms with E-state index in [4.69, 9.17) is 16.6 Å². The van der Waals surface area contributed by atoms with Gasteiger partial charge in [-0.25, -0.2) is 0 Å². The van der Waals surface area contributed by atoms with Gasteiger partial charge in [0.15, 0.2) is 5.96 Å². The van der Waals surface area contributed by atoms with Crippen molar-refractivity contribution in [2.75, 3.05) is 20.2 Å². The summed E-state index contributed by atoms with van der Waals surface area (Å²) in [4.78, 5) is 5.58. The van der Waals surface area contributed by atoms with Gasteiger partial charge in [0.25, 0.3) is 0 Å². The maximum atomic E-state index is 9.78. The van der Waals surface area contributed by atoms with Gasteiger partial charge < -0.3 is 26.8 Å². The summed E-state index contributed by atoms with van der Waals surface area (Å²) >= 11 is 0. The topological polar surface area (TPSA) is 128 Å². The van der Waals surface area contributed by atoms with Crippen molar-refractivity contribution in [3.63, 3.8) is 0 Å². The minimum atomic E-state index is -0.931. The number of rotatable bonds is 4. The van der Waals surface area contributed by atoms with Gasteiger partial charge in [0.05, 0.1) is 24.9 Å². The first-order valence-corrected chi connectivity index (χ1v) is 5.23. The molecule has 1 aliphatic heterocycles. The van der Waals surface area contributed by atoms with E-state index in [2.05, 4.69) is 4.99 Å². The molecule has 7 heteroatoms. The summed E-state index contributed by atoms with van der Waals surface area (Å²) in [6.07, 6.45) is -1.28. The molecule has 1 heterocycles. The third kappa shape index (κ3) is 2.62. The quantitative estimate of drug-likeness (QED) is 0.260. The lowest BCUT2D eigenvalue weighted by atomic mass is 10.1. The molecule has 1 saturated heterocycles. The van der Waals surface area contributed by atoms with E-state index in [9.17, 15) is 10.2 Å². The zero-order valence-corrected chi connectivity index (χ0v) is 9.32. The van der Waals surface area contributed by atoms with Crippen LogP contribution in [-0.2, 0) is 0 Å². The van der Waals surface area contributed by atoms with Crippen LogP contribution >= 0.6 is 0 Å². The average molecular weight is 232 g/mol. The summed E-state index contributed by atoms with van der Waals surface area (Å²) in [6, 6.07) is -0.672. The molecule has 1 unspecified atom stereocenters. The lowest BCUT2D eigenvalue weighted by molar-refractivity contribution is 0.0181. The van der Waals surface area contributed by atoms with Crippen molar-refractivity contribution in [1.29, 1.82) is 0 Å². The van der Waals surface area contributed by atoms with Crippen LogP contribution in [-0.4, -0.2) is 70.7 Å². The van der Waals surface area contributed by atoms with Crippen molar-refractivity contribution >= 4 is 5.96 Å². The van der Waals surface area contributed by atoms with Crippen LogP contribution in [0.5, 0.6) is 0 Å². The lowest BCUT2D eigenvalue weighted by Gasteiger charge is -2.24. The van der Waals surface area contributed by atoms with Gasteiger partial charge in [0.1, 0.15) is 0 Å². The van der Waals surface area contributed by atoms with Gasteiger partial charge in [-0.2, -0.15) is 0 Å². The molecule has 7 nitrogen and oxygen atoms in total. The second-order valence-corrected chi connectivity index (χ2v) is 4.06. The molecule has 7 N–H and O–H groups in total. The number of guanidine groups is 1. The number of aliphatic hydroxyl groups excluding tert-OH is 3. The van der Waals surface area contributed by atoms with Gasteiger partial charge in [0.2, 0.25) is 0 Å². The molecule has 0 aromatic heterocycles. The molecule has 1 fully saturated rings. The van der Waals surface area contributed by atoms with Crippen molar-refractivity contribution in [1.82, 2.24) is 4.90 Å². The molecule has 0 bridgehead atoms. The number of likely N-dealkylation sites (N-methyl/N-ethyl adjacent to an activating group) is 1. The van der Waals surface area contributed by atoms with E-state index in [1.807, 2.05) is 0 Å². The summed E-state index contributed by atoms with van der Waals surface area (Å²) in [6.45, 7) is 0.201. The van der Waals surface area contributed by atoms with E-state index in [1.165, 1.54) is 0 Å². The molecule has 0 aromatic rings. The Bertz CT molecular complexity index is 257. The van der Waals surface area contributed by atoms with Gasteiger partial charge in [0, 0.05) is 12.6 Å². The van der Waals surface area contributed by atoms with E-state index in [0.717, 1.165) is 0 Å². The number of hydrogen-bond acceptors (Lipinski definition) is 5. The molecule has 94 valence electrons. The molecule has 4 atom stereocenters. The molecule has 16 heavy (non-hydrogen) atoms. The standard InChI is InChI=1S/C9H20N4O3/c1-13-5(2-3-12-9(10)11)7(15)8(16)6(13)4-14/h5-8,14-16H,2-4H2,1H3,(H4,10,11,12)/t5?,6-,7+,8-/m1/s1. The van der Waals surface area contributed by atoms with Crippen molar-refractivity contribution < 1.29 is 15.3 Å². The van der Waals surface area contributed by atoms with Crippen LogP contribution < -0.4 is 11.5 Å². The van der Waals surface area contributed by atoms with E-state index in [0.29, 0.717) is 13.0 Å². The zero-order chi connectivity index (χ0) is 12.3. The molecule has 0 aliphatic carbocycles. The number of likely N-dealkylation sites (tertiary alicyclic amines) is 1. The molecule has 0 saturated carbocycles. The fourth-order valence-corrected chi connectivity index (χ4v) is 2.12. The third-order valence-corrected chi connectivity index (χ3v) is 3.09. The predicted octanol–water partition coefficient (Wildman–Crippen LogP) is -2.95. The lowest BCUT2D eigenvalue weighted by Crippen LogP contribution is -2.38. The minimum Gasteiger partial charge on any atom is -0.395 e. The maximum Gasteiger partial charge on any atom is 0.185 e. The molecule has 1 rings (SSSR count). The smallest absolute Gasteiger partial charge is 0.185 e. The Morgan fingerprint density at radius 2 is 1.81 bits per heavy atom. The van der Waals surface area contributed by atoms with E-state index in [-0.39, 0.29) is 18.6 Å². The number of hydrogen-bond donors (Lipinski definition) is 5. The number of nitrogens with two attached hydrogens (primary N) is 2. The zero-order valence-electron chi connectivity index (χ0n) is 9.32. The Labute approximate surface area is 94.4 Å². The van der Waals surface area contributed by atoms with Gasteiger partial charge in [-0.05, 0) is 13.5 Å². The van der Waals surface area contributed by atoms with Crippen molar-refractivity contribution in [3.05, 3.63) is 0 Å². The van der Waals surface area contributed by atoms with Crippen LogP contribution in [0.2, 0.25) is 0 Å². The van der Waals surface area contributed by atoms with Crippen LogP contribution in [0.15, 0.2) is 4.99 Å². The van der Waals surface area contributed by atoms with E-state index in [1.54, 1.807) is 11.9 Å². The normalized spacial score (nSPS) is 35.2.